The number of fused-ring (bicyclic) bond motifs is 2. The predicted octanol–water partition coefficient (Wildman–Crippen LogP) is 5.38. The van der Waals surface area contributed by atoms with Gasteiger partial charge in [-0.1, -0.05) is 27.7 Å². The van der Waals surface area contributed by atoms with Crippen molar-refractivity contribution in [3.8, 4) is 0 Å². The van der Waals surface area contributed by atoms with Crippen molar-refractivity contribution in [2.45, 2.75) is 187 Å². The molecule has 17 heteroatoms. The number of methoxy groups -OCH3 is 1. The molecule has 0 radical (unpaired) electrons. The average molecular weight is 995 g/mol. The molecule has 3 bridgehead atoms. The van der Waals surface area contributed by atoms with Gasteiger partial charge in [0.05, 0.1) is 53.7 Å². The Labute approximate surface area is 357 Å². The first-order chi connectivity index (χ1) is 25.8. The Morgan fingerprint density at radius 3 is 2.16 bits per heavy atom. The molecule has 5 aliphatic rings. The van der Waals surface area contributed by atoms with Crippen molar-refractivity contribution in [3.63, 3.8) is 0 Å². The summed E-state index contributed by atoms with van der Waals surface area (Å²) in [7, 11) is 5.36. The molecule has 0 aromatic carbocycles. The number of carbonyl (C=O) groups is 2. The molecule has 0 amide bonds. The van der Waals surface area contributed by atoms with E-state index in [2.05, 4.69) is 47.8 Å². The average Bonchev–Trinajstić information content (AvgIpc) is 3.48. The molecule has 0 aromatic rings. The number of carbonyl (C=O) groups excluding carboxylic acids is 2. The van der Waals surface area contributed by atoms with Crippen LogP contribution in [0.3, 0.4) is 0 Å². The van der Waals surface area contributed by atoms with Crippen molar-refractivity contribution in [2.75, 3.05) is 21.2 Å². The number of aliphatic hydroxyl groups excluding tert-OH is 2. The number of alkyl halides is 3. The molecule has 14 nitrogen and oxygen atoms in total. The van der Waals surface area contributed by atoms with E-state index in [9.17, 15) is 19.8 Å². The molecule has 5 rings (SSSR count). The smallest absolute Gasteiger partial charge is 0.345 e. The Morgan fingerprint density at radius 1 is 0.946 bits per heavy atom. The van der Waals surface area contributed by atoms with Crippen molar-refractivity contribution in [1.29, 1.82) is 0 Å². The third-order valence-electron chi connectivity index (χ3n) is 13.4. The second-order valence-electron chi connectivity index (χ2n) is 17.8. The molecule has 5 aliphatic heterocycles. The Bertz CT molecular complexity index is 1420. The summed E-state index contributed by atoms with van der Waals surface area (Å²) in [5.74, 6) is -4.77. The lowest BCUT2D eigenvalue weighted by Gasteiger charge is -2.49. The van der Waals surface area contributed by atoms with Crippen LogP contribution in [0, 0.1) is 23.7 Å². The summed E-state index contributed by atoms with van der Waals surface area (Å²) in [6, 6.07) is -0.303. The Morgan fingerprint density at radius 2 is 1.59 bits per heavy atom. The van der Waals surface area contributed by atoms with Crippen LogP contribution in [-0.2, 0) is 52.2 Å². The molecule has 2 N–H and O–H groups in total. The van der Waals surface area contributed by atoms with E-state index in [1.807, 2.05) is 60.5 Å². The van der Waals surface area contributed by atoms with E-state index < -0.39 is 110 Å². The zero-order valence-electron chi connectivity index (χ0n) is 35.0. The van der Waals surface area contributed by atoms with Crippen LogP contribution < -0.4 is 0 Å². The maximum atomic E-state index is 14.4. The third-order valence-corrected chi connectivity index (χ3v) is 14.4. The number of hydrogen-bond acceptors (Lipinski definition) is 14. The van der Waals surface area contributed by atoms with Gasteiger partial charge in [0, 0.05) is 31.3 Å². The van der Waals surface area contributed by atoms with E-state index >= 15 is 0 Å². The van der Waals surface area contributed by atoms with Crippen LogP contribution in [-0.4, -0.2) is 140 Å². The van der Waals surface area contributed by atoms with Gasteiger partial charge in [-0.05, 0) is 123 Å². The van der Waals surface area contributed by atoms with Gasteiger partial charge in [0.15, 0.2) is 24.5 Å². The molecule has 0 aliphatic carbocycles. The Balaban J connectivity index is 1.65. The van der Waals surface area contributed by atoms with Crippen LogP contribution in [0.5, 0.6) is 0 Å². The Hall–Kier alpha value is -0.0200. The first-order valence-electron chi connectivity index (χ1n) is 19.9. The van der Waals surface area contributed by atoms with Gasteiger partial charge < -0.3 is 57.7 Å². The van der Waals surface area contributed by atoms with Gasteiger partial charge in [0.1, 0.15) is 17.8 Å². The number of ether oxygens (including phenoxy) is 9. The van der Waals surface area contributed by atoms with Crippen LogP contribution in [0.1, 0.15) is 94.9 Å². The lowest BCUT2D eigenvalue weighted by molar-refractivity contribution is -0.345. The zero-order valence-corrected chi connectivity index (χ0v) is 39.7. The molecule has 0 unspecified atom stereocenters. The van der Waals surface area contributed by atoms with Crippen molar-refractivity contribution in [3.05, 3.63) is 0 Å². The van der Waals surface area contributed by atoms with Crippen molar-refractivity contribution >= 4 is 59.7 Å². The number of halogens is 3. The number of rotatable bonds is 8. The van der Waals surface area contributed by atoms with Crippen LogP contribution in [0.2, 0.25) is 0 Å². The first-order valence-corrected chi connectivity index (χ1v) is 22.2. The minimum Gasteiger partial charge on any atom is -0.459 e. The summed E-state index contributed by atoms with van der Waals surface area (Å²) < 4.78 is 57.9. The molecule has 5 saturated heterocycles. The zero-order chi connectivity index (χ0) is 42.1. The van der Waals surface area contributed by atoms with E-state index in [1.54, 1.807) is 27.7 Å². The van der Waals surface area contributed by atoms with Crippen LogP contribution >= 0.6 is 47.8 Å². The summed E-state index contributed by atoms with van der Waals surface area (Å²) >= 11 is 9.90. The highest BCUT2D eigenvalue weighted by molar-refractivity contribution is 9.40. The van der Waals surface area contributed by atoms with Gasteiger partial charge >= 0.3 is 11.9 Å². The van der Waals surface area contributed by atoms with Gasteiger partial charge in [-0.15, -0.1) is 0 Å². The van der Waals surface area contributed by atoms with Crippen LogP contribution in [0.4, 0.5) is 0 Å². The Kier molecular flexibility index (Phi) is 14.3. The van der Waals surface area contributed by atoms with Gasteiger partial charge in [-0.3, -0.25) is 4.79 Å². The fourth-order valence-electron chi connectivity index (χ4n) is 10.1. The molecule has 0 aromatic heterocycles. The van der Waals surface area contributed by atoms with Crippen molar-refractivity contribution < 1.29 is 62.4 Å². The SMILES string of the molecule is CC[C@H]1OC(=O)[C@H](C)[C@@H](O[C@H]2C[C@@](C)(OC)[C@@H](O)[C@H](C)O2)[C@H](C)[C@@H](O[C@@H]2O[C@H](C)C[C@H](N(C)C)[C@H]2OC(=O)C(Br)(Br)Br)[C@@]2(C)C[C@@H](C)[C@]3(O[C@]1(C)[C@H](O)[C@H]3C)O2. The van der Waals surface area contributed by atoms with Gasteiger partial charge in [-0.2, -0.15) is 0 Å². The molecule has 56 heavy (non-hydrogen) atoms. The standard InChI is InChI=1S/C39H64Br3NO13/c1-14-25-37(10)29(44)22(6)38(56-37)18(2)16-36(9,55-38)31(54-33-28(53-34(47)39(40,41)42)24(43(11)12)15-19(3)49-33)20(4)27(21(5)32(46)51-25)52-26-17-35(8,48-13)30(45)23(7)50-26/h18-31,33,44-45H,14-17H2,1-13H3/t18-,19-,20+,21-,22-,23+,24+,25-,26+,27+,28-,29-,30+,31-,33+,35-,36-,37+,38-/m1/s1. The molecule has 5 fully saturated rings. The molecular weight excluding hydrogens is 930 g/mol. The quantitative estimate of drug-likeness (QED) is 0.236. The lowest BCUT2D eigenvalue weighted by atomic mass is 9.77. The number of likely N-dealkylation sites (N-methyl/N-ethyl adjacent to an activating group) is 1. The molecule has 5 heterocycles. The van der Waals surface area contributed by atoms with E-state index in [-0.39, 0.29) is 24.5 Å². The molecule has 0 saturated carbocycles. The van der Waals surface area contributed by atoms with Crippen molar-refractivity contribution in [2.24, 2.45) is 23.7 Å². The number of aliphatic hydroxyl groups is 2. The second kappa shape index (κ2) is 17.0. The van der Waals surface area contributed by atoms with Gasteiger partial charge in [0.2, 0.25) is 2.14 Å². The number of nitrogens with zero attached hydrogens (tertiary/aromatic N) is 1. The molecule has 324 valence electrons. The van der Waals surface area contributed by atoms with E-state index in [0.29, 0.717) is 19.3 Å². The van der Waals surface area contributed by atoms with Crippen LogP contribution in [0.15, 0.2) is 0 Å². The summed E-state index contributed by atoms with van der Waals surface area (Å²) in [5, 5.41) is 23.0. The first kappa shape index (κ1) is 47.0. The minimum absolute atomic E-state index is 0.172. The highest BCUT2D eigenvalue weighted by Gasteiger charge is 2.71. The van der Waals surface area contributed by atoms with E-state index in [1.165, 1.54) is 7.11 Å². The summed E-state index contributed by atoms with van der Waals surface area (Å²) in [6.07, 6.45) is -6.87. The second-order valence-corrected chi connectivity index (χ2v) is 24.5. The number of esters is 2. The fourth-order valence-corrected chi connectivity index (χ4v) is 10.4. The third kappa shape index (κ3) is 8.57. The van der Waals surface area contributed by atoms with Gasteiger partial charge in [0.25, 0.3) is 0 Å². The number of hydrogen-bond donors (Lipinski definition) is 2. The van der Waals surface area contributed by atoms with Crippen molar-refractivity contribution in [1.82, 2.24) is 4.90 Å². The van der Waals surface area contributed by atoms with E-state index in [0.717, 1.165) is 0 Å². The summed E-state index contributed by atoms with van der Waals surface area (Å²) in [5.41, 5.74) is -3.42. The minimum atomic E-state index is -1.35. The fraction of sp³-hybridized carbons (Fsp3) is 0.949. The largest absolute Gasteiger partial charge is 0.459 e. The highest BCUT2D eigenvalue weighted by atomic mass is 80.0. The van der Waals surface area contributed by atoms with Crippen LogP contribution in [0.25, 0.3) is 0 Å². The summed E-state index contributed by atoms with van der Waals surface area (Å²) in [6.45, 7) is 18.7. The molecular formula is C39H64Br3NO13. The topological polar surface area (TPSA) is 161 Å². The maximum Gasteiger partial charge on any atom is 0.345 e. The highest BCUT2D eigenvalue weighted by Crippen LogP contribution is 2.59. The van der Waals surface area contributed by atoms with E-state index in [4.69, 9.17) is 42.6 Å². The molecule has 19 atom stereocenters. The predicted molar refractivity (Wildman–Crippen MR) is 215 cm³/mol. The summed E-state index contributed by atoms with van der Waals surface area (Å²) in [4.78, 5) is 29.8. The molecule has 1 spiro atoms. The maximum absolute atomic E-state index is 14.4. The normalized spacial score (nSPS) is 50.3. The monoisotopic (exact) mass is 991 g/mol. The number of cyclic esters (lactones) is 1. The van der Waals surface area contributed by atoms with Gasteiger partial charge in [-0.25, -0.2) is 4.79 Å². The lowest BCUT2D eigenvalue weighted by Crippen LogP contribution is -2.61.